The first-order valence-electron chi connectivity index (χ1n) is 8.06. The van der Waals surface area contributed by atoms with Gasteiger partial charge >= 0.3 is 0 Å². The predicted octanol–water partition coefficient (Wildman–Crippen LogP) is 4.90. The normalized spacial score (nSPS) is 17.7. The van der Waals surface area contributed by atoms with Crippen LogP contribution in [-0.4, -0.2) is 18.0 Å². The number of nitrogens with zero attached hydrogens (tertiary/aromatic N) is 1. The van der Waals surface area contributed by atoms with Crippen LogP contribution in [-0.2, 0) is 0 Å². The van der Waals surface area contributed by atoms with Crippen molar-refractivity contribution in [1.29, 1.82) is 0 Å². The minimum atomic E-state index is 0.400. The molecule has 0 saturated carbocycles. The average molecular weight is 279 g/mol. The lowest BCUT2D eigenvalue weighted by molar-refractivity contribution is -0.0143. The molecule has 1 aliphatic heterocycles. The molecule has 0 spiro atoms. The SMILES string of the molecule is CCCC1(C)CN(C(c2ccccc2)c2ccccc2)C1. The van der Waals surface area contributed by atoms with Crippen molar-refractivity contribution in [3.8, 4) is 0 Å². The van der Waals surface area contributed by atoms with E-state index >= 15 is 0 Å². The molecule has 0 aromatic heterocycles. The summed E-state index contributed by atoms with van der Waals surface area (Å²) in [6, 6.07) is 22.2. The average Bonchev–Trinajstić information content (AvgIpc) is 2.48. The Balaban J connectivity index is 1.85. The van der Waals surface area contributed by atoms with Crippen LogP contribution in [0.5, 0.6) is 0 Å². The Morgan fingerprint density at radius 3 is 1.81 bits per heavy atom. The van der Waals surface area contributed by atoms with Crippen molar-refractivity contribution < 1.29 is 0 Å². The van der Waals surface area contributed by atoms with Crippen molar-refractivity contribution in [3.05, 3.63) is 71.8 Å². The summed E-state index contributed by atoms with van der Waals surface area (Å²) in [6.45, 7) is 7.13. The molecule has 3 rings (SSSR count). The van der Waals surface area contributed by atoms with Gasteiger partial charge < -0.3 is 0 Å². The fourth-order valence-electron chi connectivity index (χ4n) is 3.76. The van der Waals surface area contributed by atoms with Gasteiger partial charge in [-0.3, -0.25) is 4.90 Å². The minimum Gasteiger partial charge on any atom is -0.291 e. The molecule has 0 bridgehead atoms. The van der Waals surface area contributed by atoms with Gasteiger partial charge in [0.2, 0.25) is 0 Å². The van der Waals surface area contributed by atoms with Gasteiger partial charge in [-0.15, -0.1) is 0 Å². The van der Waals surface area contributed by atoms with E-state index in [9.17, 15) is 0 Å². The summed E-state index contributed by atoms with van der Waals surface area (Å²) in [5, 5.41) is 0. The molecule has 1 nitrogen and oxygen atoms in total. The Hall–Kier alpha value is -1.60. The molecule has 110 valence electrons. The fraction of sp³-hybridized carbons (Fsp3) is 0.400. The molecule has 0 atom stereocenters. The monoisotopic (exact) mass is 279 g/mol. The highest BCUT2D eigenvalue weighted by Crippen LogP contribution is 2.42. The summed E-state index contributed by atoms with van der Waals surface area (Å²) in [5.74, 6) is 0. The van der Waals surface area contributed by atoms with Gasteiger partial charge in [0, 0.05) is 13.1 Å². The quantitative estimate of drug-likeness (QED) is 0.752. The van der Waals surface area contributed by atoms with Crippen molar-refractivity contribution in [1.82, 2.24) is 4.90 Å². The molecule has 1 fully saturated rings. The van der Waals surface area contributed by atoms with Crippen molar-refractivity contribution in [2.45, 2.75) is 32.7 Å². The van der Waals surface area contributed by atoms with Gasteiger partial charge in [0.1, 0.15) is 0 Å². The summed E-state index contributed by atoms with van der Waals surface area (Å²) in [4.78, 5) is 2.63. The third-order valence-electron chi connectivity index (χ3n) is 4.62. The van der Waals surface area contributed by atoms with Crippen LogP contribution in [0.3, 0.4) is 0 Å². The second kappa shape index (κ2) is 6.03. The van der Waals surface area contributed by atoms with E-state index in [2.05, 4.69) is 79.4 Å². The first kappa shape index (κ1) is 14.3. The fourth-order valence-corrected chi connectivity index (χ4v) is 3.76. The standard InChI is InChI=1S/C20H25N/c1-3-14-20(2)15-21(16-20)19(17-10-6-4-7-11-17)18-12-8-5-9-13-18/h4-13,19H,3,14-16H2,1-2H3. The Morgan fingerprint density at radius 1 is 0.905 bits per heavy atom. The molecule has 1 heterocycles. The Morgan fingerprint density at radius 2 is 1.38 bits per heavy atom. The summed E-state index contributed by atoms with van der Waals surface area (Å²) in [7, 11) is 0. The van der Waals surface area contributed by atoms with Crippen LogP contribution in [0.25, 0.3) is 0 Å². The van der Waals surface area contributed by atoms with Crippen LogP contribution in [0.4, 0.5) is 0 Å². The van der Waals surface area contributed by atoms with Crippen LogP contribution in [0, 0.1) is 5.41 Å². The predicted molar refractivity (Wildman–Crippen MR) is 89.3 cm³/mol. The zero-order valence-electron chi connectivity index (χ0n) is 13.1. The number of benzene rings is 2. The van der Waals surface area contributed by atoms with Gasteiger partial charge in [-0.2, -0.15) is 0 Å². The first-order valence-corrected chi connectivity index (χ1v) is 8.06. The summed E-state index contributed by atoms with van der Waals surface area (Å²) in [5.41, 5.74) is 3.32. The lowest BCUT2D eigenvalue weighted by Crippen LogP contribution is -2.55. The molecule has 0 aliphatic carbocycles. The molecule has 0 radical (unpaired) electrons. The van der Waals surface area contributed by atoms with E-state index in [0.717, 1.165) is 0 Å². The van der Waals surface area contributed by atoms with Gasteiger partial charge in [-0.25, -0.2) is 0 Å². The van der Waals surface area contributed by atoms with Crippen LogP contribution < -0.4 is 0 Å². The third kappa shape index (κ3) is 3.03. The largest absolute Gasteiger partial charge is 0.291 e. The molecular weight excluding hydrogens is 254 g/mol. The Kier molecular flexibility index (Phi) is 4.12. The molecule has 0 unspecified atom stereocenters. The maximum Gasteiger partial charge on any atom is 0.0602 e. The van der Waals surface area contributed by atoms with E-state index in [1.54, 1.807) is 0 Å². The lowest BCUT2D eigenvalue weighted by Gasteiger charge is -2.52. The molecule has 0 amide bonds. The van der Waals surface area contributed by atoms with Crippen molar-refractivity contribution in [2.75, 3.05) is 13.1 Å². The van der Waals surface area contributed by atoms with Gasteiger partial charge in [-0.1, -0.05) is 80.9 Å². The van der Waals surface area contributed by atoms with Crippen LogP contribution in [0.1, 0.15) is 43.9 Å². The summed E-state index contributed by atoms with van der Waals surface area (Å²) >= 11 is 0. The van der Waals surface area contributed by atoms with Gasteiger partial charge in [0.05, 0.1) is 6.04 Å². The molecule has 2 aromatic carbocycles. The maximum atomic E-state index is 2.63. The summed E-state index contributed by atoms with van der Waals surface area (Å²) < 4.78 is 0. The second-order valence-corrected chi connectivity index (χ2v) is 6.69. The highest BCUT2D eigenvalue weighted by Gasteiger charge is 2.41. The van der Waals surface area contributed by atoms with Crippen LogP contribution >= 0.6 is 0 Å². The van der Waals surface area contributed by atoms with E-state index in [1.165, 1.54) is 37.1 Å². The minimum absolute atomic E-state index is 0.400. The van der Waals surface area contributed by atoms with Crippen molar-refractivity contribution in [3.63, 3.8) is 0 Å². The van der Waals surface area contributed by atoms with Gasteiger partial charge in [-0.05, 0) is 23.0 Å². The molecule has 1 aliphatic rings. The van der Waals surface area contributed by atoms with Crippen molar-refractivity contribution >= 4 is 0 Å². The van der Waals surface area contributed by atoms with E-state index in [1.807, 2.05) is 0 Å². The molecule has 1 saturated heterocycles. The zero-order valence-corrected chi connectivity index (χ0v) is 13.1. The Bertz CT molecular complexity index is 515. The molecular formula is C20H25N. The molecule has 1 heteroatoms. The van der Waals surface area contributed by atoms with Crippen LogP contribution in [0.2, 0.25) is 0 Å². The summed E-state index contributed by atoms with van der Waals surface area (Å²) in [6.07, 6.45) is 2.62. The van der Waals surface area contributed by atoms with E-state index in [-0.39, 0.29) is 0 Å². The highest BCUT2D eigenvalue weighted by atomic mass is 15.2. The van der Waals surface area contributed by atoms with Crippen LogP contribution in [0.15, 0.2) is 60.7 Å². The second-order valence-electron chi connectivity index (χ2n) is 6.69. The topological polar surface area (TPSA) is 3.24 Å². The van der Waals surface area contributed by atoms with Gasteiger partial charge in [0.25, 0.3) is 0 Å². The first-order chi connectivity index (χ1) is 10.2. The number of hydrogen-bond acceptors (Lipinski definition) is 1. The molecule has 0 N–H and O–H groups in total. The number of likely N-dealkylation sites (tertiary alicyclic amines) is 1. The van der Waals surface area contributed by atoms with E-state index in [0.29, 0.717) is 11.5 Å². The molecule has 2 aromatic rings. The number of hydrogen-bond donors (Lipinski definition) is 0. The Labute approximate surface area is 128 Å². The zero-order chi connectivity index (χ0) is 14.7. The smallest absolute Gasteiger partial charge is 0.0602 e. The molecule has 21 heavy (non-hydrogen) atoms. The highest BCUT2D eigenvalue weighted by molar-refractivity contribution is 5.32. The maximum absolute atomic E-state index is 2.63. The van der Waals surface area contributed by atoms with Crippen molar-refractivity contribution in [2.24, 2.45) is 5.41 Å². The third-order valence-corrected chi connectivity index (χ3v) is 4.62. The van der Waals surface area contributed by atoms with E-state index in [4.69, 9.17) is 0 Å². The van der Waals surface area contributed by atoms with E-state index < -0.39 is 0 Å². The van der Waals surface area contributed by atoms with Gasteiger partial charge in [0.15, 0.2) is 0 Å². The lowest BCUT2D eigenvalue weighted by atomic mass is 9.76. The number of rotatable bonds is 5.